The van der Waals surface area contributed by atoms with Crippen molar-refractivity contribution in [2.24, 2.45) is 0 Å². The van der Waals surface area contributed by atoms with Gasteiger partial charge in [-0.2, -0.15) is 5.10 Å². The van der Waals surface area contributed by atoms with Crippen molar-refractivity contribution < 1.29 is 0 Å². The predicted octanol–water partition coefficient (Wildman–Crippen LogP) is 12.1. The minimum Gasteiger partial charge on any atom is -0.302 e. The highest BCUT2D eigenvalue weighted by Gasteiger charge is 2.38. The second kappa shape index (κ2) is 12.3. The molecular formula is C51H37N5. The molecule has 5 heteroatoms. The summed E-state index contributed by atoms with van der Waals surface area (Å²) < 4.78 is 0. The Labute approximate surface area is 324 Å². The molecule has 0 amide bonds. The molecular weight excluding hydrogens is 683 g/mol. The number of benzene rings is 7. The Morgan fingerprint density at radius 2 is 1.36 bits per heavy atom. The maximum Gasteiger partial charge on any atom is 0.230 e. The topological polar surface area (TPSA) is 57.7 Å². The van der Waals surface area contributed by atoms with E-state index in [0.29, 0.717) is 5.92 Å². The van der Waals surface area contributed by atoms with Gasteiger partial charge >= 0.3 is 0 Å². The second-order valence-corrected chi connectivity index (χ2v) is 15.6. The molecule has 266 valence electrons. The van der Waals surface area contributed by atoms with Crippen molar-refractivity contribution in [2.75, 3.05) is 4.90 Å². The number of para-hydroxylation sites is 1. The molecule has 7 aromatic carbocycles. The van der Waals surface area contributed by atoms with E-state index in [0.717, 1.165) is 41.9 Å². The Morgan fingerprint density at radius 1 is 0.607 bits per heavy atom. The molecule has 9 aromatic rings. The van der Waals surface area contributed by atoms with Gasteiger partial charge in [0.1, 0.15) is 0 Å². The third-order valence-electron chi connectivity index (χ3n) is 12.7. The van der Waals surface area contributed by atoms with Crippen LogP contribution in [-0.2, 0) is 12.8 Å². The van der Waals surface area contributed by atoms with E-state index in [2.05, 4.69) is 155 Å². The van der Waals surface area contributed by atoms with E-state index in [-0.39, 0.29) is 12.0 Å². The van der Waals surface area contributed by atoms with Gasteiger partial charge in [0.15, 0.2) is 0 Å². The monoisotopic (exact) mass is 719 g/mol. The Balaban J connectivity index is 1.06. The number of H-pyrrole nitrogens is 1. The molecule has 3 unspecified atom stereocenters. The maximum atomic E-state index is 5.11. The van der Waals surface area contributed by atoms with Crippen LogP contribution in [0.3, 0.4) is 0 Å². The van der Waals surface area contributed by atoms with Gasteiger partial charge < -0.3 is 4.90 Å². The number of fused-ring (bicyclic) bond motifs is 4. The molecule has 5 nitrogen and oxygen atoms in total. The number of aromatic nitrogens is 4. The molecule has 0 radical (unpaired) electrons. The van der Waals surface area contributed by atoms with E-state index < -0.39 is 0 Å². The van der Waals surface area contributed by atoms with Crippen LogP contribution in [-0.4, -0.2) is 26.2 Å². The van der Waals surface area contributed by atoms with E-state index in [1.165, 1.54) is 76.6 Å². The second-order valence-electron chi connectivity index (χ2n) is 15.6. The highest BCUT2D eigenvalue weighted by atomic mass is 15.3. The Bertz CT molecular complexity index is 3080. The van der Waals surface area contributed by atoms with Crippen molar-refractivity contribution in [3.05, 3.63) is 187 Å². The number of rotatable bonds is 4. The van der Waals surface area contributed by atoms with E-state index in [1.54, 1.807) is 0 Å². The summed E-state index contributed by atoms with van der Waals surface area (Å²) in [5.74, 6) is 1.38. The lowest BCUT2D eigenvalue weighted by atomic mass is 9.84. The van der Waals surface area contributed by atoms with E-state index >= 15 is 0 Å². The van der Waals surface area contributed by atoms with Gasteiger partial charge in [0.2, 0.25) is 5.95 Å². The molecule has 0 saturated carbocycles. The lowest BCUT2D eigenvalue weighted by Crippen LogP contribution is -2.29. The molecule has 1 aliphatic heterocycles. The Kier molecular flexibility index (Phi) is 6.94. The van der Waals surface area contributed by atoms with Crippen LogP contribution in [0.5, 0.6) is 0 Å². The highest BCUT2D eigenvalue weighted by Crippen LogP contribution is 2.48. The van der Waals surface area contributed by atoms with Crippen molar-refractivity contribution in [3.63, 3.8) is 0 Å². The van der Waals surface area contributed by atoms with E-state index in [4.69, 9.17) is 9.97 Å². The molecule has 56 heavy (non-hydrogen) atoms. The lowest BCUT2D eigenvalue weighted by Gasteiger charge is -2.26. The van der Waals surface area contributed by atoms with Gasteiger partial charge in [-0.25, -0.2) is 9.97 Å². The fraction of sp³-hybridized carbons (Fsp3) is 0.118. The summed E-state index contributed by atoms with van der Waals surface area (Å²) >= 11 is 0. The number of allylic oxidation sites excluding steroid dienone is 2. The van der Waals surface area contributed by atoms with Crippen molar-refractivity contribution in [3.8, 4) is 22.3 Å². The largest absolute Gasteiger partial charge is 0.302 e. The number of hydrogen-bond donors (Lipinski definition) is 1. The van der Waals surface area contributed by atoms with E-state index in [9.17, 15) is 0 Å². The van der Waals surface area contributed by atoms with Crippen LogP contribution in [0.1, 0.15) is 40.5 Å². The number of aryl methyl sites for hydroxylation is 1. The summed E-state index contributed by atoms with van der Waals surface area (Å²) in [7, 11) is 0. The van der Waals surface area contributed by atoms with Gasteiger partial charge in [0, 0.05) is 41.3 Å². The summed E-state index contributed by atoms with van der Waals surface area (Å²) in [6.07, 6.45) is 19.9. The SMILES string of the molecule is C1=CC2c3ccccc3N(c3ncc(-c4cc5cc(-c6cn[nH]c6)c6cccc7c6c5c5c(cccc45)CCC(c4ccc5ccccc5c4)C7)cn3)C2C=C1. The number of nitrogens with one attached hydrogen (secondary N) is 1. The smallest absolute Gasteiger partial charge is 0.230 e. The summed E-state index contributed by atoms with van der Waals surface area (Å²) in [6.45, 7) is 0. The summed E-state index contributed by atoms with van der Waals surface area (Å²) in [6, 6.07) is 43.2. The van der Waals surface area contributed by atoms with Crippen molar-refractivity contribution in [1.29, 1.82) is 0 Å². The molecule has 1 N–H and O–H groups in total. The normalized spacial score (nSPS) is 18.5. The van der Waals surface area contributed by atoms with Crippen molar-refractivity contribution in [2.45, 2.75) is 37.1 Å². The number of aromatic amines is 1. The summed E-state index contributed by atoms with van der Waals surface area (Å²) in [5.41, 5.74) is 11.1. The fourth-order valence-electron chi connectivity index (χ4n) is 10.1. The zero-order valence-corrected chi connectivity index (χ0v) is 30.7. The number of hydrogen-bond acceptors (Lipinski definition) is 4. The highest BCUT2D eigenvalue weighted by molar-refractivity contribution is 6.27. The summed E-state index contributed by atoms with van der Waals surface area (Å²) in [4.78, 5) is 12.5. The fourth-order valence-corrected chi connectivity index (χ4v) is 10.1. The molecule has 12 rings (SSSR count). The molecule has 3 aliphatic rings. The average molecular weight is 720 g/mol. The standard InChI is InChI=1S/C51H37N5/c1-2-10-33-23-34(21-19-31(33)9-1)35-22-20-32-11-7-15-42-44(38-27-52-51(53-28-38)56-46-17-5-3-13-40(46)41-14-4-6-18-47(41)56)25-37-26-45(39-29-54-55-30-39)43-16-8-12-36(24-35)49(43)50(37)48(32)42/h1-19,21,23,25-30,35,40,46H,20,22,24H2,(H,54,55). The van der Waals surface area contributed by atoms with Crippen LogP contribution in [0.2, 0.25) is 0 Å². The minimum absolute atomic E-state index is 0.157. The average Bonchev–Trinajstić information content (AvgIpc) is 3.92. The molecule has 0 fully saturated rings. The van der Waals surface area contributed by atoms with Crippen LogP contribution in [0, 0.1) is 0 Å². The van der Waals surface area contributed by atoms with Gasteiger partial charge in [-0.15, -0.1) is 0 Å². The van der Waals surface area contributed by atoms with Crippen LogP contribution in [0.15, 0.2) is 164 Å². The molecule has 3 heterocycles. The van der Waals surface area contributed by atoms with Gasteiger partial charge in [-0.05, 0) is 120 Å². The molecule has 3 atom stereocenters. The van der Waals surface area contributed by atoms with E-state index in [1.807, 2.05) is 24.8 Å². The zero-order valence-electron chi connectivity index (χ0n) is 30.7. The number of nitrogens with zero attached hydrogens (tertiary/aromatic N) is 4. The first-order valence-electron chi connectivity index (χ1n) is 19.7. The molecule has 0 saturated heterocycles. The zero-order chi connectivity index (χ0) is 36.7. The lowest BCUT2D eigenvalue weighted by molar-refractivity contribution is 0.626. The molecule has 2 aromatic heterocycles. The van der Waals surface area contributed by atoms with Crippen molar-refractivity contribution in [1.82, 2.24) is 20.2 Å². The quantitative estimate of drug-likeness (QED) is 0.184. The van der Waals surface area contributed by atoms with Gasteiger partial charge in [0.05, 0.1) is 12.2 Å². The Hall–Kier alpha value is -6.85. The van der Waals surface area contributed by atoms with Gasteiger partial charge in [0.25, 0.3) is 0 Å². The third kappa shape index (κ3) is 4.77. The van der Waals surface area contributed by atoms with Gasteiger partial charge in [-0.3, -0.25) is 5.10 Å². The first-order valence-corrected chi connectivity index (χ1v) is 19.7. The molecule has 0 spiro atoms. The first kappa shape index (κ1) is 31.5. The minimum atomic E-state index is 0.157. The predicted molar refractivity (Wildman–Crippen MR) is 230 cm³/mol. The molecule has 2 aliphatic carbocycles. The van der Waals surface area contributed by atoms with Gasteiger partial charge in [-0.1, -0.05) is 121 Å². The first-order chi connectivity index (χ1) is 27.8. The number of anilines is 2. The van der Waals surface area contributed by atoms with Crippen LogP contribution in [0.25, 0.3) is 65.3 Å². The van der Waals surface area contributed by atoms with Crippen LogP contribution >= 0.6 is 0 Å². The van der Waals surface area contributed by atoms with Crippen LogP contribution in [0.4, 0.5) is 11.6 Å². The summed E-state index contributed by atoms with van der Waals surface area (Å²) in [5, 5.41) is 17.8. The Morgan fingerprint density at radius 3 is 2.20 bits per heavy atom. The van der Waals surface area contributed by atoms with Crippen LogP contribution < -0.4 is 4.90 Å². The third-order valence-corrected chi connectivity index (χ3v) is 12.7. The molecule has 0 bridgehead atoms. The maximum absolute atomic E-state index is 5.11. The van der Waals surface area contributed by atoms with Crippen molar-refractivity contribution >= 4 is 54.7 Å².